The second kappa shape index (κ2) is 9.98. The summed E-state index contributed by atoms with van der Waals surface area (Å²) in [7, 11) is -2.06. The summed E-state index contributed by atoms with van der Waals surface area (Å²) in [5.74, 6) is -0.419. The molecule has 11 heteroatoms. The maximum atomic E-state index is 12.6. The van der Waals surface area contributed by atoms with Gasteiger partial charge in [0.15, 0.2) is 5.13 Å². The first kappa shape index (κ1) is 23.5. The van der Waals surface area contributed by atoms with E-state index < -0.39 is 20.9 Å². The van der Waals surface area contributed by atoms with Crippen LogP contribution < -0.4 is 5.32 Å². The molecule has 0 aliphatic heterocycles. The monoisotopic (exact) mass is 474 g/mol. The average molecular weight is 475 g/mol. The molecule has 1 amide bonds. The third-order valence-corrected chi connectivity index (χ3v) is 7.38. The van der Waals surface area contributed by atoms with Crippen molar-refractivity contribution in [2.45, 2.75) is 24.7 Å². The van der Waals surface area contributed by atoms with Crippen LogP contribution in [0.25, 0.3) is 11.3 Å². The van der Waals surface area contributed by atoms with Gasteiger partial charge in [-0.25, -0.2) is 17.7 Å². The number of hydrogen-bond donors (Lipinski definition) is 1. The fourth-order valence-corrected chi connectivity index (χ4v) is 4.77. The first-order valence-electron chi connectivity index (χ1n) is 9.80. The Morgan fingerprint density at radius 1 is 1.16 bits per heavy atom. The molecule has 0 radical (unpaired) electrons. The number of hydrogen-bond acceptors (Lipinski definition) is 7. The molecule has 0 saturated heterocycles. The number of amides is 1. The van der Waals surface area contributed by atoms with E-state index >= 15 is 0 Å². The van der Waals surface area contributed by atoms with Crippen molar-refractivity contribution in [1.29, 1.82) is 0 Å². The molecule has 0 aliphatic rings. The molecular weight excluding hydrogens is 452 g/mol. The summed E-state index contributed by atoms with van der Waals surface area (Å²) in [6.07, 6.45) is 1.66. The van der Waals surface area contributed by atoms with Gasteiger partial charge < -0.3 is 0 Å². The predicted octanol–water partition coefficient (Wildman–Crippen LogP) is 4.39. The smallest absolute Gasteiger partial charge is 0.269 e. The van der Waals surface area contributed by atoms with Gasteiger partial charge in [0.05, 0.1) is 15.5 Å². The minimum Gasteiger partial charge on any atom is -0.298 e. The first-order valence-corrected chi connectivity index (χ1v) is 12.1. The number of carbonyl (C=O) groups is 1. The van der Waals surface area contributed by atoms with Crippen molar-refractivity contribution in [3.8, 4) is 11.3 Å². The van der Waals surface area contributed by atoms with E-state index in [1.54, 1.807) is 17.5 Å². The van der Waals surface area contributed by atoms with Crippen molar-refractivity contribution in [3.05, 3.63) is 69.6 Å². The van der Waals surface area contributed by atoms with Crippen molar-refractivity contribution in [2.24, 2.45) is 0 Å². The summed E-state index contributed by atoms with van der Waals surface area (Å²) in [6, 6.07) is 11.7. The zero-order valence-electron chi connectivity index (χ0n) is 17.5. The van der Waals surface area contributed by atoms with Gasteiger partial charge in [0.2, 0.25) is 10.0 Å². The summed E-state index contributed by atoms with van der Waals surface area (Å²) in [5, 5.41) is 15.6. The molecule has 3 rings (SSSR count). The highest BCUT2D eigenvalue weighted by Crippen LogP contribution is 2.27. The van der Waals surface area contributed by atoms with Crippen molar-refractivity contribution in [1.82, 2.24) is 9.29 Å². The van der Waals surface area contributed by atoms with E-state index in [9.17, 15) is 23.3 Å². The number of non-ortho nitro benzene ring substituents is 1. The quantitative estimate of drug-likeness (QED) is 0.362. The van der Waals surface area contributed by atoms with Gasteiger partial charge in [-0.2, -0.15) is 0 Å². The van der Waals surface area contributed by atoms with Crippen LogP contribution in [0.4, 0.5) is 10.8 Å². The number of nitro benzene ring substituents is 1. The van der Waals surface area contributed by atoms with Crippen molar-refractivity contribution in [3.63, 3.8) is 0 Å². The molecule has 2 aromatic carbocycles. The van der Waals surface area contributed by atoms with Gasteiger partial charge in [0.25, 0.3) is 11.6 Å². The lowest BCUT2D eigenvalue weighted by Gasteiger charge is -2.16. The van der Waals surface area contributed by atoms with Crippen LogP contribution in [0.1, 0.15) is 30.1 Å². The normalized spacial score (nSPS) is 11.5. The van der Waals surface area contributed by atoms with Crippen molar-refractivity contribution < 1.29 is 18.1 Å². The molecule has 0 bridgehead atoms. The van der Waals surface area contributed by atoms with Crippen LogP contribution in [0.2, 0.25) is 0 Å². The number of sulfonamides is 1. The average Bonchev–Trinajstić information content (AvgIpc) is 3.25. The lowest BCUT2D eigenvalue weighted by atomic mass is 10.1. The number of nitro groups is 1. The number of thiazole rings is 1. The highest BCUT2D eigenvalue weighted by atomic mass is 32.2. The van der Waals surface area contributed by atoms with Crippen molar-refractivity contribution in [2.75, 3.05) is 18.9 Å². The van der Waals surface area contributed by atoms with Gasteiger partial charge in [-0.15, -0.1) is 11.3 Å². The zero-order valence-corrected chi connectivity index (χ0v) is 19.1. The maximum absolute atomic E-state index is 12.6. The van der Waals surface area contributed by atoms with Crippen LogP contribution in [-0.4, -0.2) is 42.1 Å². The third-order valence-electron chi connectivity index (χ3n) is 4.75. The summed E-state index contributed by atoms with van der Waals surface area (Å²) in [4.78, 5) is 27.3. The second-order valence-electron chi connectivity index (χ2n) is 7.00. The van der Waals surface area contributed by atoms with Crippen molar-refractivity contribution >= 4 is 38.1 Å². The maximum Gasteiger partial charge on any atom is 0.269 e. The van der Waals surface area contributed by atoms with E-state index in [1.165, 1.54) is 59.1 Å². The number of rotatable bonds is 9. The van der Waals surface area contributed by atoms with E-state index in [4.69, 9.17) is 0 Å². The topological polar surface area (TPSA) is 123 Å². The van der Waals surface area contributed by atoms with Crippen LogP contribution in [0.5, 0.6) is 0 Å². The third kappa shape index (κ3) is 5.36. The Labute approximate surface area is 189 Å². The Morgan fingerprint density at radius 3 is 2.41 bits per heavy atom. The minimum atomic E-state index is -3.60. The molecule has 1 heterocycles. The van der Waals surface area contributed by atoms with E-state index in [0.29, 0.717) is 28.5 Å². The number of aromatic nitrogens is 1. The van der Waals surface area contributed by atoms with Crippen LogP contribution in [0.3, 0.4) is 0 Å². The minimum absolute atomic E-state index is 0.0143. The van der Waals surface area contributed by atoms with Gasteiger partial charge in [-0.3, -0.25) is 20.2 Å². The summed E-state index contributed by atoms with van der Waals surface area (Å²) >= 11 is 1.22. The van der Waals surface area contributed by atoms with Crippen LogP contribution >= 0.6 is 11.3 Å². The van der Waals surface area contributed by atoms with Gasteiger partial charge >= 0.3 is 0 Å². The fraction of sp³-hybridized carbons (Fsp3) is 0.238. The highest BCUT2D eigenvalue weighted by molar-refractivity contribution is 7.89. The summed E-state index contributed by atoms with van der Waals surface area (Å²) in [5.41, 5.74) is 1.55. The first-order chi connectivity index (χ1) is 15.2. The molecule has 168 valence electrons. The Kier molecular flexibility index (Phi) is 7.33. The second-order valence-corrected chi connectivity index (χ2v) is 9.90. The molecule has 0 fully saturated rings. The molecule has 1 aromatic heterocycles. The number of nitrogens with zero attached hydrogens (tertiary/aromatic N) is 3. The SMILES string of the molecule is CCCCN(C)S(=O)(=O)c1ccc(C(=O)Nc2nc(-c3ccc([N+](=O)[O-])cc3)cs2)cc1. The lowest BCUT2D eigenvalue weighted by molar-refractivity contribution is -0.384. The van der Waals surface area contributed by atoms with Gasteiger partial charge in [0.1, 0.15) is 0 Å². The van der Waals surface area contributed by atoms with Crippen LogP contribution in [-0.2, 0) is 10.0 Å². The molecule has 0 atom stereocenters. The number of unbranched alkanes of at least 4 members (excludes halogenated alkanes) is 1. The molecule has 9 nitrogen and oxygen atoms in total. The molecule has 0 spiro atoms. The van der Waals surface area contributed by atoms with E-state index in [0.717, 1.165) is 12.8 Å². The standard InChI is InChI=1S/C21H22N4O5S2/c1-3-4-13-24(2)32(29,30)18-11-7-16(8-12-18)20(26)23-21-22-19(14-31-21)15-5-9-17(10-6-15)25(27)28/h5-12,14H,3-4,13H2,1-2H3,(H,22,23,26). The highest BCUT2D eigenvalue weighted by Gasteiger charge is 2.20. The van der Waals surface area contributed by atoms with E-state index in [-0.39, 0.29) is 10.6 Å². The lowest BCUT2D eigenvalue weighted by Crippen LogP contribution is -2.28. The summed E-state index contributed by atoms with van der Waals surface area (Å²) in [6.45, 7) is 2.42. The Hall–Kier alpha value is -3.15. The predicted molar refractivity (Wildman–Crippen MR) is 123 cm³/mol. The molecule has 1 N–H and O–H groups in total. The number of anilines is 1. The molecular formula is C21H22N4O5S2. The van der Waals surface area contributed by atoms with Gasteiger partial charge in [-0.05, 0) is 42.8 Å². The van der Waals surface area contributed by atoms with Crippen LogP contribution in [0.15, 0.2) is 58.8 Å². The van der Waals surface area contributed by atoms with Gasteiger partial charge in [-0.1, -0.05) is 13.3 Å². The Balaban J connectivity index is 1.68. The summed E-state index contributed by atoms with van der Waals surface area (Å²) < 4.78 is 26.5. The Bertz CT molecular complexity index is 1210. The molecule has 32 heavy (non-hydrogen) atoms. The number of benzene rings is 2. The molecule has 3 aromatic rings. The molecule has 0 aliphatic carbocycles. The largest absolute Gasteiger partial charge is 0.298 e. The van der Waals surface area contributed by atoms with Gasteiger partial charge in [0, 0.05) is 42.2 Å². The van der Waals surface area contributed by atoms with Crippen LogP contribution in [0, 0.1) is 10.1 Å². The zero-order chi connectivity index (χ0) is 23.3. The molecule has 0 unspecified atom stereocenters. The van der Waals surface area contributed by atoms with E-state index in [1.807, 2.05) is 6.92 Å². The number of carbonyl (C=O) groups excluding carboxylic acids is 1. The van der Waals surface area contributed by atoms with E-state index in [2.05, 4.69) is 10.3 Å². The molecule has 0 saturated carbocycles. The number of nitrogens with one attached hydrogen (secondary N) is 1. The Morgan fingerprint density at radius 2 is 1.81 bits per heavy atom. The fourth-order valence-electron chi connectivity index (χ4n) is 2.85.